The second kappa shape index (κ2) is 32.3. The summed E-state index contributed by atoms with van der Waals surface area (Å²) >= 11 is 0. The summed E-state index contributed by atoms with van der Waals surface area (Å²) < 4.78 is 5.72. The van der Waals surface area contributed by atoms with Crippen LogP contribution in [0.1, 0.15) is 244 Å². The number of carbonyl (C=O) groups is 2. The number of esters is 1. The third kappa shape index (κ3) is 24.2. The summed E-state index contributed by atoms with van der Waals surface area (Å²) in [4.78, 5) is 30.4. The molecule has 0 heterocycles. The van der Waals surface area contributed by atoms with Crippen molar-refractivity contribution in [3.63, 3.8) is 0 Å². The Balaban J connectivity index is 1.52. The van der Waals surface area contributed by atoms with E-state index in [2.05, 4.69) is 25.9 Å². The van der Waals surface area contributed by atoms with Crippen molar-refractivity contribution in [1.82, 2.24) is 0 Å². The largest absolute Gasteiger partial charge is 0.427 e. The van der Waals surface area contributed by atoms with Gasteiger partial charge in [-0.3, -0.25) is 4.79 Å². The van der Waals surface area contributed by atoms with E-state index in [-0.39, 0.29) is 11.9 Å². The van der Waals surface area contributed by atoms with Gasteiger partial charge in [-0.2, -0.15) is 0 Å². The molecule has 0 saturated heterocycles. The number of hydrogen-bond donors (Lipinski definition) is 0. The standard InChI is InChI=1S/C47H81NO4/c1-4-6-8-10-12-14-16-18-20-22-24-26-28-30-32-34-46(49)51-43-36-37-44-42(40-43)38-41(3)39-45(44)48-52-47(50)35-33-31-29-27-25-23-21-19-17-15-13-11-9-7-5-2/h36-37,40-41H,4-35,38-39H2,1-3H3/b48-45-/t41-/m0/s1. The van der Waals surface area contributed by atoms with Gasteiger partial charge < -0.3 is 9.57 Å². The van der Waals surface area contributed by atoms with E-state index in [1.165, 1.54) is 167 Å². The van der Waals surface area contributed by atoms with Crippen LogP contribution in [0.25, 0.3) is 0 Å². The first-order valence-electron chi connectivity index (χ1n) is 22.6. The smallest absolute Gasteiger partial charge is 0.335 e. The minimum atomic E-state index is -0.244. The molecule has 5 nitrogen and oxygen atoms in total. The van der Waals surface area contributed by atoms with Crippen LogP contribution in [0.2, 0.25) is 0 Å². The highest BCUT2D eigenvalue weighted by Crippen LogP contribution is 2.30. The minimum Gasteiger partial charge on any atom is -0.427 e. The number of nitrogens with zero attached hydrogens (tertiary/aromatic N) is 1. The molecule has 298 valence electrons. The van der Waals surface area contributed by atoms with Crippen LogP contribution in [0.15, 0.2) is 23.4 Å². The van der Waals surface area contributed by atoms with E-state index >= 15 is 0 Å². The van der Waals surface area contributed by atoms with Gasteiger partial charge in [0.1, 0.15) is 5.75 Å². The molecule has 5 heteroatoms. The van der Waals surface area contributed by atoms with Crippen LogP contribution >= 0.6 is 0 Å². The summed E-state index contributed by atoms with van der Waals surface area (Å²) in [6.07, 6.45) is 41.8. The molecule has 0 spiro atoms. The van der Waals surface area contributed by atoms with Gasteiger partial charge in [-0.25, -0.2) is 4.79 Å². The second-order valence-corrected chi connectivity index (χ2v) is 16.2. The molecule has 0 saturated carbocycles. The van der Waals surface area contributed by atoms with Crippen LogP contribution in [0.5, 0.6) is 5.75 Å². The number of carbonyl (C=O) groups excluding carboxylic acids is 2. The maximum Gasteiger partial charge on any atom is 0.335 e. The molecule has 0 bridgehead atoms. The van der Waals surface area contributed by atoms with Crippen LogP contribution in [0, 0.1) is 5.92 Å². The molecule has 1 aromatic rings. The van der Waals surface area contributed by atoms with Crippen molar-refractivity contribution in [2.75, 3.05) is 0 Å². The second-order valence-electron chi connectivity index (χ2n) is 16.2. The van der Waals surface area contributed by atoms with Crippen LogP contribution < -0.4 is 4.74 Å². The summed E-state index contributed by atoms with van der Waals surface area (Å²) in [7, 11) is 0. The maximum atomic E-state index is 12.6. The molecule has 1 aliphatic rings. The molecule has 1 aromatic carbocycles. The minimum absolute atomic E-state index is 0.153. The maximum absolute atomic E-state index is 12.6. The Morgan fingerprint density at radius 3 is 1.35 bits per heavy atom. The van der Waals surface area contributed by atoms with Crippen LogP contribution in [-0.2, 0) is 20.8 Å². The van der Waals surface area contributed by atoms with Crippen LogP contribution in [0.4, 0.5) is 0 Å². The fourth-order valence-electron chi connectivity index (χ4n) is 7.67. The molecule has 0 unspecified atom stereocenters. The molecule has 0 amide bonds. The van der Waals surface area contributed by atoms with Gasteiger partial charge in [-0.05, 0) is 55.4 Å². The average Bonchev–Trinajstić information content (AvgIpc) is 3.13. The van der Waals surface area contributed by atoms with Crippen molar-refractivity contribution < 1.29 is 19.2 Å². The summed E-state index contributed by atoms with van der Waals surface area (Å²) in [5, 5.41) is 4.32. The molecule has 2 rings (SSSR count). The Hall–Kier alpha value is -2.17. The van der Waals surface area contributed by atoms with Crippen molar-refractivity contribution in [3.05, 3.63) is 29.3 Å². The van der Waals surface area contributed by atoms with Crippen molar-refractivity contribution >= 4 is 17.7 Å². The summed E-state index contributed by atoms with van der Waals surface area (Å²) in [6, 6.07) is 5.80. The van der Waals surface area contributed by atoms with Crippen LogP contribution in [-0.4, -0.2) is 17.7 Å². The van der Waals surface area contributed by atoms with E-state index in [9.17, 15) is 9.59 Å². The zero-order valence-electron chi connectivity index (χ0n) is 34.4. The van der Waals surface area contributed by atoms with Gasteiger partial charge >= 0.3 is 11.9 Å². The number of ether oxygens (including phenoxy) is 1. The normalized spacial score (nSPS) is 14.8. The molecule has 1 atom stereocenters. The number of rotatable bonds is 34. The Kier molecular flexibility index (Phi) is 28.5. The Morgan fingerprint density at radius 1 is 0.538 bits per heavy atom. The summed E-state index contributed by atoms with van der Waals surface area (Å²) in [6.45, 7) is 6.74. The number of fused-ring (bicyclic) bond motifs is 1. The van der Waals surface area contributed by atoms with Crippen molar-refractivity contribution in [1.29, 1.82) is 0 Å². The molecule has 0 radical (unpaired) electrons. The molecule has 0 aliphatic heterocycles. The lowest BCUT2D eigenvalue weighted by molar-refractivity contribution is -0.143. The number of unbranched alkanes of at least 4 members (excludes halogenated alkanes) is 28. The lowest BCUT2D eigenvalue weighted by Crippen LogP contribution is -2.20. The van der Waals surface area contributed by atoms with Gasteiger partial charge in [0, 0.05) is 18.4 Å². The third-order valence-electron chi connectivity index (χ3n) is 11.0. The van der Waals surface area contributed by atoms with E-state index in [1.54, 1.807) is 0 Å². The first-order chi connectivity index (χ1) is 25.5. The summed E-state index contributed by atoms with van der Waals surface area (Å²) in [5.41, 5.74) is 2.92. The van der Waals surface area contributed by atoms with Crippen molar-refractivity contribution in [2.24, 2.45) is 11.1 Å². The van der Waals surface area contributed by atoms with Crippen molar-refractivity contribution in [2.45, 2.75) is 239 Å². The van der Waals surface area contributed by atoms with Gasteiger partial charge in [0.2, 0.25) is 0 Å². The first-order valence-corrected chi connectivity index (χ1v) is 22.6. The Labute approximate surface area is 321 Å². The number of hydrogen-bond acceptors (Lipinski definition) is 5. The number of benzene rings is 1. The fraction of sp³-hybridized carbons (Fsp3) is 0.809. The SMILES string of the molecule is CCCCCCCCCCCCCCCCCC(=O)O/N=C1/C[C@@H](C)Cc2cc(OC(=O)CCCCCCCCCCCCCCCCC)ccc21. The zero-order valence-corrected chi connectivity index (χ0v) is 34.4. The molecule has 0 aromatic heterocycles. The predicted molar refractivity (Wildman–Crippen MR) is 221 cm³/mol. The summed E-state index contributed by atoms with van der Waals surface area (Å²) in [5.74, 6) is 0.585. The van der Waals surface area contributed by atoms with Crippen molar-refractivity contribution in [3.8, 4) is 5.75 Å². The zero-order chi connectivity index (χ0) is 37.3. The average molecular weight is 724 g/mol. The lowest BCUT2D eigenvalue weighted by atomic mass is 9.83. The van der Waals surface area contributed by atoms with Crippen LogP contribution in [0.3, 0.4) is 0 Å². The topological polar surface area (TPSA) is 65.0 Å². The van der Waals surface area contributed by atoms with Gasteiger partial charge in [0.15, 0.2) is 0 Å². The molecular formula is C47H81NO4. The molecule has 0 N–H and O–H groups in total. The van der Waals surface area contributed by atoms with Gasteiger partial charge in [0.05, 0.1) is 5.71 Å². The van der Waals surface area contributed by atoms with Gasteiger partial charge in [-0.15, -0.1) is 0 Å². The molecule has 1 aliphatic carbocycles. The Bertz CT molecular complexity index is 1070. The van der Waals surface area contributed by atoms with E-state index in [0.29, 0.717) is 24.5 Å². The van der Waals surface area contributed by atoms with Gasteiger partial charge in [-0.1, -0.05) is 206 Å². The van der Waals surface area contributed by atoms with E-state index in [0.717, 1.165) is 55.4 Å². The quantitative estimate of drug-likeness (QED) is 0.0233. The van der Waals surface area contributed by atoms with Gasteiger partial charge in [0.25, 0.3) is 0 Å². The van der Waals surface area contributed by atoms with E-state index < -0.39 is 0 Å². The highest BCUT2D eigenvalue weighted by atomic mass is 16.7. The predicted octanol–water partition coefficient (Wildman–Crippen LogP) is 14.9. The highest BCUT2D eigenvalue weighted by Gasteiger charge is 2.23. The van der Waals surface area contributed by atoms with E-state index in [4.69, 9.17) is 9.57 Å². The fourth-order valence-corrected chi connectivity index (χ4v) is 7.67. The molecule has 52 heavy (non-hydrogen) atoms. The monoisotopic (exact) mass is 724 g/mol. The molecule has 0 fully saturated rings. The first kappa shape index (κ1) is 46.0. The molecular weight excluding hydrogens is 643 g/mol. The van der Waals surface area contributed by atoms with E-state index in [1.807, 2.05) is 18.2 Å². The highest BCUT2D eigenvalue weighted by molar-refractivity contribution is 6.03. The Morgan fingerprint density at radius 2 is 0.923 bits per heavy atom. The number of oxime groups is 1. The lowest BCUT2D eigenvalue weighted by Gasteiger charge is -2.23. The third-order valence-corrected chi connectivity index (χ3v) is 11.0.